The molecule has 1 unspecified atom stereocenters. The Kier molecular flexibility index (Phi) is 7.77. The normalized spacial score (nSPS) is 20.6. The van der Waals surface area contributed by atoms with Gasteiger partial charge in [0.1, 0.15) is 12.2 Å². The van der Waals surface area contributed by atoms with Crippen LogP contribution in [0, 0.1) is 6.92 Å². The fraction of sp³-hybridized carbons (Fsp3) is 0.565. The highest BCUT2D eigenvalue weighted by Gasteiger charge is 2.51. The van der Waals surface area contributed by atoms with Gasteiger partial charge in [0.15, 0.2) is 15.1 Å². The molecule has 0 saturated carbocycles. The summed E-state index contributed by atoms with van der Waals surface area (Å²) in [5, 5.41) is 5.45. The second-order valence-corrected chi connectivity index (χ2v) is 12.4. The summed E-state index contributed by atoms with van der Waals surface area (Å²) in [6.45, 7) is 4.96. The first-order chi connectivity index (χ1) is 16.8. The van der Waals surface area contributed by atoms with Crippen molar-refractivity contribution >= 4 is 32.3 Å². The van der Waals surface area contributed by atoms with Crippen LogP contribution in [0.5, 0.6) is 0 Å². The molecule has 0 aliphatic carbocycles. The van der Waals surface area contributed by atoms with Crippen LogP contribution in [0.1, 0.15) is 42.4 Å². The molecule has 2 aromatic rings. The van der Waals surface area contributed by atoms with Gasteiger partial charge in [-0.2, -0.15) is 26.3 Å². The summed E-state index contributed by atoms with van der Waals surface area (Å²) >= 11 is 0. The molecule has 7 nitrogen and oxygen atoms in total. The second kappa shape index (κ2) is 9.93. The summed E-state index contributed by atoms with van der Waals surface area (Å²) < 4.78 is 101. The van der Waals surface area contributed by atoms with Gasteiger partial charge >= 0.3 is 12.4 Å². The van der Waals surface area contributed by atoms with Gasteiger partial charge in [-0.15, -0.1) is 0 Å². The van der Waals surface area contributed by atoms with Crippen LogP contribution in [0.2, 0.25) is 0 Å². The maximum atomic E-state index is 13.0. The Bertz CT molecular complexity index is 1290. The van der Waals surface area contributed by atoms with Crippen molar-refractivity contribution in [3.8, 4) is 0 Å². The lowest BCUT2D eigenvalue weighted by molar-refractivity contribution is -0.130. The van der Waals surface area contributed by atoms with Crippen molar-refractivity contribution < 1.29 is 39.6 Å². The number of nitrogens with one attached hydrogen (secondary N) is 3. The van der Waals surface area contributed by atoms with E-state index in [-0.39, 0.29) is 17.9 Å². The second-order valence-electron chi connectivity index (χ2n) is 10.1. The van der Waals surface area contributed by atoms with Gasteiger partial charge in [0.25, 0.3) is 5.91 Å². The van der Waals surface area contributed by atoms with Crippen LogP contribution in [-0.4, -0.2) is 68.3 Å². The van der Waals surface area contributed by atoms with E-state index in [0.717, 1.165) is 0 Å². The zero-order chi connectivity index (χ0) is 28.0. The minimum absolute atomic E-state index is 0.0154. The van der Waals surface area contributed by atoms with E-state index >= 15 is 0 Å². The van der Waals surface area contributed by atoms with Gasteiger partial charge in [-0.3, -0.25) is 4.79 Å². The molecule has 1 amide bonds. The highest BCUT2D eigenvalue weighted by Crippen LogP contribution is 2.34. The molecule has 37 heavy (non-hydrogen) atoms. The Balaban J connectivity index is 1.84. The third-order valence-electron chi connectivity index (χ3n) is 5.99. The molecular formula is C23H28F6N4O3S. The number of halogens is 6. The zero-order valence-corrected chi connectivity index (χ0v) is 21.4. The summed E-state index contributed by atoms with van der Waals surface area (Å²) in [6.07, 6.45) is -9.30. The monoisotopic (exact) mass is 554 g/mol. The number of hydrogen-bond acceptors (Lipinski definition) is 6. The van der Waals surface area contributed by atoms with Crippen molar-refractivity contribution in [3.05, 3.63) is 35.0 Å². The summed E-state index contributed by atoms with van der Waals surface area (Å²) in [5.41, 5.74) is 1.28. The first kappa shape index (κ1) is 29.0. The number of fused-ring (bicyclic) bond motifs is 1. The van der Waals surface area contributed by atoms with Gasteiger partial charge in [-0.25, -0.2) is 13.4 Å². The van der Waals surface area contributed by atoms with Crippen LogP contribution in [0.15, 0.2) is 18.2 Å². The van der Waals surface area contributed by atoms with E-state index in [1.165, 1.54) is 12.1 Å². The predicted molar refractivity (Wildman–Crippen MR) is 127 cm³/mol. The molecule has 1 fully saturated rings. The van der Waals surface area contributed by atoms with E-state index in [2.05, 4.69) is 20.9 Å². The number of benzene rings is 1. The SMILES string of the molecule is Cc1cc(C(=O)NC[C@@H]2CS(=O)(=O)C(C(F)(F)F)CN2)nc2c(C(C)(C)C)cc(NCC(F)(F)F)cc12. The Hall–Kier alpha value is -2.61. The third kappa shape index (κ3) is 7.03. The quantitative estimate of drug-likeness (QED) is 0.486. The number of amides is 1. The van der Waals surface area contributed by atoms with Crippen LogP contribution >= 0.6 is 0 Å². The highest BCUT2D eigenvalue weighted by molar-refractivity contribution is 7.92. The fourth-order valence-electron chi connectivity index (χ4n) is 4.10. The molecule has 206 valence electrons. The molecular weight excluding hydrogens is 526 g/mol. The number of aryl methyl sites for hydroxylation is 1. The van der Waals surface area contributed by atoms with Crippen molar-refractivity contribution in [1.29, 1.82) is 0 Å². The van der Waals surface area contributed by atoms with E-state index in [9.17, 15) is 39.6 Å². The van der Waals surface area contributed by atoms with E-state index in [0.29, 0.717) is 22.0 Å². The number of nitrogens with zero attached hydrogens (tertiary/aromatic N) is 1. The third-order valence-corrected chi connectivity index (χ3v) is 8.15. The van der Waals surface area contributed by atoms with E-state index in [1.54, 1.807) is 13.0 Å². The molecule has 2 heterocycles. The average Bonchev–Trinajstić information content (AvgIpc) is 2.72. The molecule has 0 bridgehead atoms. The molecule has 1 saturated heterocycles. The van der Waals surface area contributed by atoms with Crippen LogP contribution < -0.4 is 16.0 Å². The Morgan fingerprint density at radius 1 is 1.11 bits per heavy atom. The van der Waals surface area contributed by atoms with Gasteiger partial charge in [0.05, 0.1) is 11.3 Å². The molecule has 1 aromatic carbocycles. The molecule has 1 aliphatic rings. The number of pyridine rings is 1. The van der Waals surface area contributed by atoms with E-state index < -0.39 is 63.6 Å². The maximum absolute atomic E-state index is 13.0. The van der Waals surface area contributed by atoms with Crippen LogP contribution in [0.3, 0.4) is 0 Å². The number of carbonyl (C=O) groups is 1. The number of aromatic nitrogens is 1. The van der Waals surface area contributed by atoms with Crippen LogP contribution in [0.25, 0.3) is 10.9 Å². The van der Waals surface area contributed by atoms with Crippen molar-refractivity contribution in [2.45, 2.75) is 56.8 Å². The number of carbonyl (C=O) groups excluding carboxylic acids is 1. The standard InChI is InChI=1S/C23H28F6N4O3S/c1-12-5-17(20(34)31-8-14-10-37(35,36)18(9-30-14)23(27,28)29)33-19-15(12)6-13(32-11-22(24,25)26)7-16(19)21(2,3)4/h5-7,14,18,30,32H,8-11H2,1-4H3,(H,31,34)/t14-,18?/m1/s1. The lowest BCUT2D eigenvalue weighted by Crippen LogP contribution is -2.58. The molecule has 3 rings (SSSR count). The van der Waals surface area contributed by atoms with E-state index in [4.69, 9.17) is 0 Å². The smallest absolute Gasteiger partial charge is 0.376 e. The van der Waals surface area contributed by atoms with Crippen molar-refractivity contribution in [2.75, 3.05) is 30.7 Å². The Morgan fingerprint density at radius 3 is 2.30 bits per heavy atom. The molecule has 14 heteroatoms. The first-order valence-electron chi connectivity index (χ1n) is 11.3. The number of alkyl halides is 6. The van der Waals surface area contributed by atoms with Crippen molar-refractivity contribution in [2.24, 2.45) is 0 Å². The summed E-state index contributed by atoms with van der Waals surface area (Å²) in [6, 6.07) is 3.61. The molecule has 2 atom stereocenters. The summed E-state index contributed by atoms with van der Waals surface area (Å²) in [4.78, 5) is 17.3. The van der Waals surface area contributed by atoms with Crippen molar-refractivity contribution in [3.63, 3.8) is 0 Å². The van der Waals surface area contributed by atoms with Gasteiger partial charge in [-0.1, -0.05) is 20.8 Å². The van der Waals surface area contributed by atoms with Crippen molar-refractivity contribution in [1.82, 2.24) is 15.6 Å². The van der Waals surface area contributed by atoms with Gasteiger partial charge in [0, 0.05) is 30.2 Å². The average molecular weight is 555 g/mol. The van der Waals surface area contributed by atoms with Crippen LogP contribution in [-0.2, 0) is 15.3 Å². The molecule has 1 aromatic heterocycles. The lowest BCUT2D eigenvalue weighted by atomic mass is 9.84. The number of sulfone groups is 1. The predicted octanol–water partition coefficient (Wildman–Crippen LogP) is 3.86. The molecule has 0 radical (unpaired) electrons. The lowest BCUT2D eigenvalue weighted by Gasteiger charge is -2.31. The molecule has 1 aliphatic heterocycles. The Labute approximate surface area is 210 Å². The molecule has 0 spiro atoms. The van der Waals surface area contributed by atoms with E-state index in [1.807, 2.05) is 20.8 Å². The molecule has 3 N–H and O–H groups in total. The minimum atomic E-state index is -4.89. The Morgan fingerprint density at radius 2 is 1.76 bits per heavy atom. The summed E-state index contributed by atoms with van der Waals surface area (Å²) in [7, 11) is -4.45. The minimum Gasteiger partial charge on any atom is -0.376 e. The van der Waals surface area contributed by atoms with Gasteiger partial charge in [-0.05, 0) is 41.7 Å². The topological polar surface area (TPSA) is 100 Å². The summed E-state index contributed by atoms with van der Waals surface area (Å²) in [5.74, 6) is -1.45. The van der Waals surface area contributed by atoms with Crippen LogP contribution in [0.4, 0.5) is 32.0 Å². The number of hydrogen-bond donors (Lipinski definition) is 3. The van der Waals surface area contributed by atoms with Gasteiger partial charge < -0.3 is 16.0 Å². The largest absolute Gasteiger partial charge is 0.406 e. The maximum Gasteiger partial charge on any atom is 0.406 e. The highest BCUT2D eigenvalue weighted by atomic mass is 32.2. The van der Waals surface area contributed by atoms with Gasteiger partial charge in [0.2, 0.25) is 0 Å². The number of rotatable bonds is 5. The fourth-order valence-corrected chi connectivity index (χ4v) is 5.88. The first-order valence-corrected chi connectivity index (χ1v) is 13.1. The zero-order valence-electron chi connectivity index (χ0n) is 20.6. The number of anilines is 1.